The molecule has 0 amide bonds. The van der Waals surface area contributed by atoms with Crippen LogP contribution in [0.5, 0.6) is 0 Å². The second-order valence-corrected chi connectivity index (χ2v) is 6.49. The van der Waals surface area contributed by atoms with Crippen molar-refractivity contribution in [2.45, 2.75) is 34.3 Å². The summed E-state index contributed by atoms with van der Waals surface area (Å²) >= 11 is 0. The van der Waals surface area contributed by atoms with Gasteiger partial charge in [0.2, 0.25) is 0 Å². The Balaban J connectivity index is 1.97. The number of hydrogen-bond acceptors (Lipinski definition) is 3. The molecule has 1 fully saturated rings. The molecule has 0 aromatic heterocycles. The van der Waals surface area contributed by atoms with Gasteiger partial charge in [-0.3, -0.25) is 4.79 Å². The predicted octanol–water partition coefficient (Wildman–Crippen LogP) is 3.84. The second kappa shape index (κ2) is 5.73. The number of nitriles is 1. The number of hydrogen-bond donors (Lipinski definition) is 0. The maximum atomic E-state index is 12.2. The lowest BCUT2D eigenvalue weighted by molar-refractivity contribution is -0.147. The zero-order valence-electron chi connectivity index (χ0n) is 13.0. The standard InChI is InChI=1S/C18H21NO2/c1-12(2)8-15-16(18(15,3)4)17(20)21-11-14-7-5-6-13(9-14)10-19/h5-9,15-16H,11H2,1-4H3. The molecule has 2 rings (SSSR count). The fraction of sp³-hybridized carbons (Fsp3) is 0.444. The van der Waals surface area contributed by atoms with E-state index in [0.717, 1.165) is 5.56 Å². The highest BCUT2D eigenvalue weighted by molar-refractivity contribution is 5.78. The van der Waals surface area contributed by atoms with E-state index in [2.05, 4.69) is 26.0 Å². The Morgan fingerprint density at radius 1 is 1.43 bits per heavy atom. The van der Waals surface area contributed by atoms with E-state index in [4.69, 9.17) is 10.00 Å². The first kappa shape index (κ1) is 15.3. The largest absolute Gasteiger partial charge is 0.461 e. The molecule has 1 aliphatic carbocycles. The van der Waals surface area contributed by atoms with Crippen molar-refractivity contribution in [3.63, 3.8) is 0 Å². The van der Waals surface area contributed by atoms with Gasteiger partial charge in [0, 0.05) is 0 Å². The van der Waals surface area contributed by atoms with Gasteiger partial charge in [-0.2, -0.15) is 5.26 Å². The first-order valence-electron chi connectivity index (χ1n) is 7.17. The Morgan fingerprint density at radius 3 is 2.76 bits per heavy atom. The normalized spacial score (nSPS) is 22.0. The van der Waals surface area contributed by atoms with Crippen molar-refractivity contribution in [2.75, 3.05) is 0 Å². The number of nitrogens with zero attached hydrogens (tertiary/aromatic N) is 1. The summed E-state index contributed by atoms with van der Waals surface area (Å²) in [6, 6.07) is 9.23. The van der Waals surface area contributed by atoms with Gasteiger partial charge in [-0.15, -0.1) is 0 Å². The third-order valence-corrected chi connectivity index (χ3v) is 4.11. The van der Waals surface area contributed by atoms with Gasteiger partial charge >= 0.3 is 5.97 Å². The molecule has 110 valence electrons. The molecule has 0 bridgehead atoms. The number of ether oxygens (including phenoxy) is 1. The van der Waals surface area contributed by atoms with Crippen LogP contribution in [0.25, 0.3) is 0 Å². The molecule has 0 spiro atoms. The number of esters is 1. The molecule has 3 heteroatoms. The second-order valence-electron chi connectivity index (χ2n) is 6.49. The van der Waals surface area contributed by atoms with Crippen LogP contribution in [0.1, 0.15) is 38.8 Å². The van der Waals surface area contributed by atoms with E-state index in [0.29, 0.717) is 5.56 Å². The van der Waals surface area contributed by atoms with Crippen LogP contribution in [0, 0.1) is 28.6 Å². The smallest absolute Gasteiger partial charge is 0.310 e. The zero-order chi connectivity index (χ0) is 15.6. The van der Waals surface area contributed by atoms with Gasteiger partial charge < -0.3 is 4.74 Å². The SMILES string of the molecule is CC(C)=CC1C(C(=O)OCc2cccc(C#N)c2)C1(C)C. The summed E-state index contributed by atoms with van der Waals surface area (Å²) in [5.74, 6) is 0.0526. The van der Waals surface area contributed by atoms with Gasteiger partial charge in [-0.25, -0.2) is 0 Å². The molecular formula is C18H21NO2. The number of carbonyl (C=O) groups is 1. The molecule has 0 saturated heterocycles. The lowest BCUT2D eigenvalue weighted by Gasteiger charge is -2.06. The molecule has 21 heavy (non-hydrogen) atoms. The van der Waals surface area contributed by atoms with E-state index in [9.17, 15) is 4.79 Å². The van der Waals surface area contributed by atoms with Gasteiger partial charge in [-0.1, -0.05) is 37.6 Å². The number of carbonyl (C=O) groups excluding carboxylic acids is 1. The summed E-state index contributed by atoms with van der Waals surface area (Å²) in [5, 5.41) is 8.86. The van der Waals surface area contributed by atoms with Crippen LogP contribution in [-0.4, -0.2) is 5.97 Å². The molecule has 0 N–H and O–H groups in total. The van der Waals surface area contributed by atoms with Crippen molar-refractivity contribution in [3.8, 4) is 6.07 Å². The van der Waals surface area contributed by atoms with Crippen LogP contribution >= 0.6 is 0 Å². The Bertz CT molecular complexity index is 618. The van der Waals surface area contributed by atoms with E-state index in [1.165, 1.54) is 5.57 Å². The lowest BCUT2D eigenvalue weighted by atomic mass is 10.1. The van der Waals surface area contributed by atoms with Crippen LogP contribution in [-0.2, 0) is 16.1 Å². The Kier molecular flexibility index (Phi) is 4.18. The van der Waals surface area contributed by atoms with Crippen LogP contribution in [0.15, 0.2) is 35.9 Å². The van der Waals surface area contributed by atoms with Crippen molar-refractivity contribution >= 4 is 5.97 Å². The van der Waals surface area contributed by atoms with Crippen molar-refractivity contribution in [1.82, 2.24) is 0 Å². The molecule has 0 radical (unpaired) electrons. The molecule has 1 aromatic rings. The highest BCUT2D eigenvalue weighted by atomic mass is 16.5. The van der Waals surface area contributed by atoms with Crippen LogP contribution in [0.2, 0.25) is 0 Å². The number of allylic oxidation sites excluding steroid dienone is 2. The molecule has 1 saturated carbocycles. The minimum atomic E-state index is -0.148. The van der Waals surface area contributed by atoms with E-state index in [1.54, 1.807) is 18.2 Å². The minimum Gasteiger partial charge on any atom is -0.461 e. The molecule has 2 atom stereocenters. The van der Waals surface area contributed by atoms with E-state index >= 15 is 0 Å². The topological polar surface area (TPSA) is 50.1 Å². The van der Waals surface area contributed by atoms with Crippen LogP contribution in [0.3, 0.4) is 0 Å². The average Bonchev–Trinajstić information content (AvgIpc) is 2.96. The maximum absolute atomic E-state index is 12.2. The summed E-state index contributed by atoms with van der Waals surface area (Å²) in [4.78, 5) is 12.2. The number of benzene rings is 1. The monoisotopic (exact) mass is 283 g/mol. The fourth-order valence-corrected chi connectivity index (χ4v) is 2.77. The van der Waals surface area contributed by atoms with Gasteiger partial charge in [-0.05, 0) is 42.9 Å². The molecule has 1 aromatic carbocycles. The summed E-state index contributed by atoms with van der Waals surface area (Å²) in [7, 11) is 0. The minimum absolute atomic E-state index is 0.0249. The van der Waals surface area contributed by atoms with Crippen LogP contribution < -0.4 is 0 Å². The zero-order valence-corrected chi connectivity index (χ0v) is 13.0. The molecule has 2 unspecified atom stereocenters. The van der Waals surface area contributed by atoms with Gasteiger partial charge in [0.05, 0.1) is 17.6 Å². The first-order chi connectivity index (χ1) is 9.86. The summed E-state index contributed by atoms with van der Waals surface area (Å²) in [6.07, 6.45) is 2.15. The fourth-order valence-electron chi connectivity index (χ4n) is 2.77. The van der Waals surface area contributed by atoms with Gasteiger partial charge in [0.1, 0.15) is 6.61 Å². The quantitative estimate of drug-likeness (QED) is 0.623. The van der Waals surface area contributed by atoms with Gasteiger partial charge in [0.25, 0.3) is 0 Å². The molecule has 0 aliphatic heterocycles. The molecule has 0 heterocycles. The molecular weight excluding hydrogens is 262 g/mol. The van der Waals surface area contributed by atoms with Crippen molar-refractivity contribution in [1.29, 1.82) is 5.26 Å². The van der Waals surface area contributed by atoms with Crippen molar-refractivity contribution in [3.05, 3.63) is 47.0 Å². The lowest BCUT2D eigenvalue weighted by Crippen LogP contribution is -2.10. The molecule has 3 nitrogen and oxygen atoms in total. The predicted molar refractivity (Wildman–Crippen MR) is 81.1 cm³/mol. The highest BCUT2D eigenvalue weighted by Gasteiger charge is 2.61. The van der Waals surface area contributed by atoms with Gasteiger partial charge in [0.15, 0.2) is 0 Å². The third-order valence-electron chi connectivity index (χ3n) is 4.11. The summed E-state index contributed by atoms with van der Waals surface area (Å²) < 4.78 is 5.42. The maximum Gasteiger partial charge on any atom is 0.310 e. The molecule has 1 aliphatic rings. The van der Waals surface area contributed by atoms with Crippen molar-refractivity contribution in [2.24, 2.45) is 17.3 Å². The first-order valence-corrected chi connectivity index (χ1v) is 7.17. The van der Waals surface area contributed by atoms with E-state index < -0.39 is 0 Å². The van der Waals surface area contributed by atoms with Crippen molar-refractivity contribution < 1.29 is 9.53 Å². The Hall–Kier alpha value is -2.08. The number of rotatable bonds is 4. The Morgan fingerprint density at radius 2 is 2.14 bits per heavy atom. The van der Waals surface area contributed by atoms with Crippen LogP contribution in [0.4, 0.5) is 0 Å². The Labute approximate surface area is 126 Å². The average molecular weight is 283 g/mol. The summed E-state index contributed by atoms with van der Waals surface area (Å²) in [5.41, 5.74) is 2.63. The third kappa shape index (κ3) is 3.33. The van der Waals surface area contributed by atoms with E-state index in [-0.39, 0.29) is 29.8 Å². The highest BCUT2D eigenvalue weighted by Crippen LogP contribution is 2.59. The summed E-state index contributed by atoms with van der Waals surface area (Å²) in [6.45, 7) is 8.51. The van der Waals surface area contributed by atoms with E-state index in [1.807, 2.05) is 19.9 Å².